The quantitative estimate of drug-likeness (QED) is 0.577. The number of benzene rings is 1. The number of piperidine rings is 1. The van der Waals surface area contributed by atoms with Crippen molar-refractivity contribution in [2.75, 3.05) is 39.3 Å². The van der Waals surface area contributed by atoms with Gasteiger partial charge in [-0.05, 0) is 56.5 Å². The average Bonchev–Trinajstić information content (AvgIpc) is 2.64. The molecule has 2 N–H and O–H groups in total. The standard InChI is InChI=1S/C21H35FN4/c1-5-23-20(24-14-17-9-8-12-26(6-2)15-17)25-16-21(3,4)18-10-7-11-19(22)13-18/h7,10-11,13,17H,5-6,8-9,12,14-16H2,1-4H3,(H2,23,24,25). The van der Waals surface area contributed by atoms with Gasteiger partial charge >= 0.3 is 0 Å². The van der Waals surface area contributed by atoms with Crippen LogP contribution >= 0.6 is 0 Å². The number of halogens is 1. The van der Waals surface area contributed by atoms with Crippen molar-refractivity contribution < 1.29 is 4.39 Å². The molecule has 0 aliphatic carbocycles. The maximum Gasteiger partial charge on any atom is 0.191 e. The lowest BCUT2D eigenvalue weighted by molar-refractivity contribution is 0.183. The van der Waals surface area contributed by atoms with E-state index in [0.717, 1.165) is 37.7 Å². The van der Waals surface area contributed by atoms with Crippen LogP contribution in [0.25, 0.3) is 0 Å². The molecule has 1 heterocycles. The Balaban J connectivity index is 1.95. The number of likely N-dealkylation sites (tertiary alicyclic amines) is 1. The third kappa shape index (κ3) is 6.27. The van der Waals surface area contributed by atoms with E-state index in [9.17, 15) is 4.39 Å². The summed E-state index contributed by atoms with van der Waals surface area (Å²) in [5, 5.41) is 6.84. The molecular formula is C21H35FN4. The van der Waals surface area contributed by atoms with Crippen LogP contribution in [0.3, 0.4) is 0 Å². The minimum absolute atomic E-state index is 0.192. The highest BCUT2D eigenvalue weighted by molar-refractivity contribution is 5.79. The van der Waals surface area contributed by atoms with Crippen molar-refractivity contribution in [1.29, 1.82) is 0 Å². The van der Waals surface area contributed by atoms with Gasteiger partial charge in [0.05, 0.1) is 6.54 Å². The Hall–Kier alpha value is -1.62. The predicted octanol–water partition coefficient (Wildman–Crippen LogP) is 3.39. The van der Waals surface area contributed by atoms with Gasteiger partial charge in [0.1, 0.15) is 5.82 Å². The Morgan fingerprint density at radius 3 is 2.81 bits per heavy atom. The van der Waals surface area contributed by atoms with Crippen LogP contribution in [0.5, 0.6) is 0 Å². The summed E-state index contributed by atoms with van der Waals surface area (Å²) in [6, 6.07) is 6.83. The molecule has 4 nitrogen and oxygen atoms in total. The van der Waals surface area contributed by atoms with Crippen LogP contribution < -0.4 is 10.6 Å². The summed E-state index contributed by atoms with van der Waals surface area (Å²) in [5.74, 6) is 1.33. The first-order valence-corrected chi connectivity index (χ1v) is 9.95. The molecule has 146 valence electrons. The van der Waals surface area contributed by atoms with Gasteiger partial charge in [0, 0.05) is 25.0 Å². The summed E-state index contributed by atoms with van der Waals surface area (Å²) in [5.41, 5.74) is 0.761. The van der Waals surface area contributed by atoms with E-state index in [4.69, 9.17) is 4.99 Å². The van der Waals surface area contributed by atoms with Crippen molar-refractivity contribution in [2.24, 2.45) is 10.9 Å². The normalized spacial score (nSPS) is 19.4. The molecule has 1 unspecified atom stereocenters. The molecule has 0 amide bonds. The van der Waals surface area contributed by atoms with Gasteiger partial charge in [-0.3, -0.25) is 4.99 Å². The van der Waals surface area contributed by atoms with Gasteiger partial charge in [0.15, 0.2) is 5.96 Å². The number of hydrogen-bond acceptors (Lipinski definition) is 2. The molecule has 0 saturated carbocycles. The number of nitrogens with one attached hydrogen (secondary N) is 2. The lowest BCUT2D eigenvalue weighted by Crippen LogP contribution is -2.44. The molecule has 5 heteroatoms. The highest BCUT2D eigenvalue weighted by Gasteiger charge is 2.22. The van der Waals surface area contributed by atoms with Gasteiger partial charge in [-0.15, -0.1) is 0 Å². The topological polar surface area (TPSA) is 39.7 Å². The lowest BCUT2D eigenvalue weighted by Gasteiger charge is -2.32. The Bertz CT molecular complexity index is 585. The van der Waals surface area contributed by atoms with Crippen molar-refractivity contribution in [2.45, 2.75) is 46.0 Å². The molecule has 1 aliphatic heterocycles. The first-order chi connectivity index (χ1) is 12.4. The molecule has 0 radical (unpaired) electrons. The van der Waals surface area contributed by atoms with Crippen LogP contribution in [0.1, 0.15) is 46.1 Å². The predicted molar refractivity (Wildman–Crippen MR) is 108 cm³/mol. The van der Waals surface area contributed by atoms with E-state index >= 15 is 0 Å². The van der Waals surface area contributed by atoms with Gasteiger partial charge < -0.3 is 15.5 Å². The van der Waals surface area contributed by atoms with E-state index in [-0.39, 0.29) is 11.2 Å². The fraction of sp³-hybridized carbons (Fsp3) is 0.667. The maximum absolute atomic E-state index is 13.5. The van der Waals surface area contributed by atoms with E-state index in [1.54, 1.807) is 12.1 Å². The van der Waals surface area contributed by atoms with Crippen LogP contribution in [0.15, 0.2) is 29.3 Å². The number of hydrogen-bond donors (Lipinski definition) is 2. The van der Waals surface area contributed by atoms with Crippen molar-refractivity contribution in [1.82, 2.24) is 15.5 Å². The second kappa shape index (κ2) is 9.91. The zero-order valence-electron chi connectivity index (χ0n) is 16.8. The smallest absolute Gasteiger partial charge is 0.191 e. The first-order valence-electron chi connectivity index (χ1n) is 9.95. The number of rotatable bonds is 7. The Kier molecular flexibility index (Phi) is 7.88. The maximum atomic E-state index is 13.5. The van der Waals surface area contributed by atoms with Crippen molar-refractivity contribution >= 4 is 5.96 Å². The summed E-state index contributed by atoms with van der Waals surface area (Å²) >= 11 is 0. The van der Waals surface area contributed by atoms with Crippen LogP contribution in [0.2, 0.25) is 0 Å². The van der Waals surface area contributed by atoms with Crippen molar-refractivity contribution in [3.05, 3.63) is 35.6 Å². The van der Waals surface area contributed by atoms with Gasteiger partial charge in [-0.25, -0.2) is 4.39 Å². The van der Waals surface area contributed by atoms with E-state index in [2.05, 4.69) is 43.2 Å². The minimum Gasteiger partial charge on any atom is -0.357 e. The molecule has 26 heavy (non-hydrogen) atoms. The van der Waals surface area contributed by atoms with E-state index in [1.807, 2.05) is 6.07 Å². The number of aliphatic imine (C=N–C) groups is 1. The second-order valence-electron chi connectivity index (χ2n) is 7.87. The molecule has 0 bridgehead atoms. The molecule has 1 atom stereocenters. The monoisotopic (exact) mass is 362 g/mol. The van der Waals surface area contributed by atoms with Gasteiger partial charge in [-0.2, -0.15) is 0 Å². The highest BCUT2D eigenvalue weighted by atomic mass is 19.1. The zero-order valence-corrected chi connectivity index (χ0v) is 16.8. The third-order valence-electron chi connectivity index (χ3n) is 5.19. The average molecular weight is 363 g/mol. The molecule has 0 aromatic heterocycles. The van der Waals surface area contributed by atoms with Gasteiger partial charge in [0.25, 0.3) is 0 Å². The van der Waals surface area contributed by atoms with Gasteiger partial charge in [-0.1, -0.05) is 32.9 Å². The van der Waals surface area contributed by atoms with Crippen LogP contribution in [-0.4, -0.2) is 50.1 Å². The minimum atomic E-state index is -0.214. The fourth-order valence-electron chi connectivity index (χ4n) is 3.47. The third-order valence-corrected chi connectivity index (χ3v) is 5.19. The molecule has 0 spiro atoms. The second-order valence-corrected chi connectivity index (χ2v) is 7.87. The van der Waals surface area contributed by atoms with Crippen molar-refractivity contribution in [3.63, 3.8) is 0 Å². The number of nitrogens with zero attached hydrogens (tertiary/aromatic N) is 2. The summed E-state index contributed by atoms with van der Waals surface area (Å²) in [6.07, 6.45) is 2.55. The Morgan fingerprint density at radius 1 is 1.31 bits per heavy atom. The zero-order chi connectivity index (χ0) is 19.0. The Labute approximate surface area is 158 Å². The van der Waals surface area contributed by atoms with Crippen molar-refractivity contribution in [3.8, 4) is 0 Å². The summed E-state index contributed by atoms with van der Waals surface area (Å²) in [6.45, 7) is 14.4. The summed E-state index contributed by atoms with van der Waals surface area (Å²) in [7, 11) is 0. The van der Waals surface area contributed by atoms with Crippen LogP contribution in [0, 0.1) is 11.7 Å². The van der Waals surface area contributed by atoms with E-state index < -0.39 is 0 Å². The molecule has 1 aromatic carbocycles. The molecule has 1 fully saturated rings. The Morgan fingerprint density at radius 2 is 2.12 bits per heavy atom. The summed E-state index contributed by atoms with van der Waals surface area (Å²) in [4.78, 5) is 7.29. The highest BCUT2D eigenvalue weighted by Crippen LogP contribution is 2.24. The van der Waals surface area contributed by atoms with E-state index in [0.29, 0.717) is 12.5 Å². The fourth-order valence-corrected chi connectivity index (χ4v) is 3.47. The molecule has 2 rings (SSSR count). The molecule has 1 aromatic rings. The molecule has 1 saturated heterocycles. The SMILES string of the molecule is CCNC(=NCC(C)(C)c1cccc(F)c1)NCC1CCCN(CC)C1. The first kappa shape index (κ1) is 20.7. The molecule has 1 aliphatic rings. The largest absolute Gasteiger partial charge is 0.357 e. The van der Waals surface area contributed by atoms with E-state index in [1.165, 1.54) is 25.5 Å². The summed E-state index contributed by atoms with van der Waals surface area (Å²) < 4.78 is 13.5. The van der Waals surface area contributed by atoms with Crippen LogP contribution in [-0.2, 0) is 5.41 Å². The lowest BCUT2D eigenvalue weighted by atomic mass is 9.85. The van der Waals surface area contributed by atoms with Crippen LogP contribution in [0.4, 0.5) is 4.39 Å². The van der Waals surface area contributed by atoms with Gasteiger partial charge in [0.2, 0.25) is 0 Å². The molecular weight excluding hydrogens is 327 g/mol. The number of guanidine groups is 1.